The van der Waals surface area contributed by atoms with Gasteiger partial charge in [0.2, 0.25) is 0 Å². The fourth-order valence-electron chi connectivity index (χ4n) is 1.77. The van der Waals surface area contributed by atoms with Gasteiger partial charge >= 0.3 is 0 Å². The van der Waals surface area contributed by atoms with Gasteiger partial charge < -0.3 is 14.1 Å². The van der Waals surface area contributed by atoms with Crippen LogP contribution in [0.3, 0.4) is 0 Å². The second-order valence-corrected chi connectivity index (χ2v) is 4.92. The van der Waals surface area contributed by atoms with Gasteiger partial charge in [0.15, 0.2) is 0 Å². The lowest BCUT2D eigenvalue weighted by atomic mass is 10.2. The molecule has 0 amide bonds. The summed E-state index contributed by atoms with van der Waals surface area (Å²) in [6.45, 7) is 6.27. The Labute approximate surface area is 113 Å². The van der Waals surface area contributed by atoms with Crippen molar-refractivity contribution in [3.63, 3.8) is 0 Å². The standard InChI is InChI=1S/C14H21N3O2/c1-11(2)9-18-10-12(13-4-3-7-19-13)17-8-14-15-5-6-16-14/h3-7,11-12,17H,8-10H2,1-2H3,(H,15,16). The highest BCUT2D eigenvalue weighted by Gasteiger charge is 2.14. The Morgan fingerprint density at radius 2 is 2.32 bits per heavy atom. The zero-order valence-electron chi connectivity index (χ0n) is 11.4. The molecule has 5 nitrogen and oxygen atoms in total. The van der Waals surface area contributed by atoms with Gasteiger partial charge in [-0.05, 0) is 18.1 Å². The predicted octanol–water partition coefficient (Wildman–Crippen LogP) is 2.51. The number of ether oxygens (including phenoxy) is 1. The molecular formula is C14H21N3O2. The van der Waals surface area contributed by atoms with Crippen molar-refractivity contribution in [1.82, 2.24) is 15.3 Å². The van der Waals surface area contributed by atoms with Gasteiger partial charge in [0.1, 0.15) is 11.6 Å². The van der Waals surface area contributed by atoms with E-state index in [2.05, 4.69) is 29.1 Å². The zero-order valence-corrected chi connectivity index (χ0v) is 11.4. The largest absolute Gasteiger partial charge is 0.468 e. The van der Waals surface area contributed by atoms with Crippen LogP contribution >= 0.6 is 0 Å². The first-order chi connectivity index (χ1) is 9.25. The van der Waals surface area contributed by atoms with Crippen molar-refractivity contribution in [3.05, 3.63) is 42.4 Å². The van der Waals surface area contributed by atoms with Crippen LogP contribution in [0.15, 0.2) is 35.2 Å². The molecule has 19 heavy (non-hydrogen) atoms. The molecule has 1 unspecified atom stereocenters. The van der Waals surface area contributed by atoms with Crippen molar-refractivity contribution in [2.45, 2.75) is 26.4 Å². The molecule has 2 heterocycles. The van der Waals surface area contributed by atoms with Crippen LogP contribution in [0.2, 0.25) is 0 Å². The summed E-state index contributed by atoms with van der Waals surface area (Å²) in [6.07, 6.45) is 5.24. The predicted molar refractivity (Wildman–Crippen MR) is 72.5 cm³/mol. The SMILES string of the molecule is CC(C)COCC(NCc1ncc[nH]1)c1ccco1. The molecule has 2 aromatic heterocycles. The molecule has 1 atom stereocenters. The topological polar surface area (TPSA) is 63.1 Å². The summed E-state index contributed by atoms with van der Waals surface area (Å²) >= 11 is 0. The molecule has 0 saturated heterocycles. The summed E-state index contributed by atoms with van der Waals surface area (Å²) in [5, 5.41) is 3.39. The highest BCUT2D eigenvalue weighted by atomic mass is 16.5. The molecule has 0 spiro atoms. The number of furan rings is 1. The quantitative estimate of drug-likeness (QED) is 0.768. The Morgan fingerprint density at radius 3 is 2.95 bits per heavy atom. The first-order valence-electron chi connectivity index (χ1n) is 6.58. The first-order valence-corrected chi connectivity index (χ1v) is 6.58. The summed E-state index contributed by atoms with van der Waals surface area (Å²) in [5.74, 6) is 2.32. The van der Waals surface area contributed by atoms with Crippen molar-refractivity contribution in [1.29, 1.82) is 0 Å². The summed E-state index contributed by atoms with van der Waals surface area (Å²) in [4.78, 5) is 7.26. The van der Waals surface area contributed by atoms with Crippen LogP contribution in [-0.4, -0.2) is 23.2 Å². The maximum absolute atomic E-state index is 5.70. The normalized spacial score (nSPS) is 13.0. The fraction of sp³-hybridized carbons (Fsp3) is 0.500. The molecule has 0 aromatic carbocycles. The van der Waals surface area contributed by atoms with Crippen LogP contribution < -0.4 is 5.32 Å². The van der Waals surface area contributed by atoms with E-state index in [1.165, 1.54) is 0 Å². The molecule has 0 radical (unpaired) electrons. The van der Waals surface area contributed by atoms with Crippen molar-refractivity contribution in [2.75, 3.05) is 13.2 Å². The van der Waals surface area contributed by atoms with Gasteiger partial charge in [0.05, 0.1) is 25.5 Å². The van der Waals surface area contributed by atoms with Crippen LogP contribution in [-0.2, 0) is 11.3 Å². The average molecular weight is 263 g/mol. The van der Waals surface area contributed by atoms with E-state index in [1.807, 2.05) is 18.3 Å². The van der Waals surface area contributed by atoms with E-state index >= 15 is 0 Å². The van der Waals surface area contributed by atoms with E-state index in [4.69, 9.17) is 9.15 Å². The highest BCUT2D eigenvalue weighted by Crippen LogP contribution is 2.14. The van der Waals surface area contributed by atoms with Gasteiger partial charge in [-0.1, -0.05) is 13.8 Å². The number of nitrogens with one attached hydrogen (secondary N) is 2. The van der Waals surface area contributed by atoms with Gasteiger partial charge in [0.25, 0.3) is 0 Å². The van der Waals surface area contributed by atoms with Crippen molar-refractivity contribution in [3.8, 4) is 0 Å². The van der Waals surface area contributed by atoms with Crippen LogP contribution in [0.5, 0.6) is 0 Å². The number of rotatable bonds is 8. The van der Waals surface area contributed by atoms with Gasteiger partial charge in [0, 0.05) is 19.0 Å². The summed E-state index contributed by atoms with van der Waals surface area (Å²) in [6, 6.07) is 3.89. The lowest BCUT2D eigenvalue weighted by molar-refractivity contribution is 0.0843. The minimum Gasteiger partial charge on any atom is -0.468 e. The number of aromatic nitrogens is 2. The van der Waals surface area contributed by atoms with Gasteiger partial charge in [-0.15, -0.1) is 0 Å². The zero-order chi connectivity index (χ0) is 13.5. The van der Waals surface area contributed by atoms with Crippen LogP contribution in [0, 0.1) is 5.92 Å². The number of imidazole rings is 1. The van der Waals surface area contributed by atoms with Crippen LogP contribution in [0.1, 0.15) is 31.5 Å². The number of H-pyrrole nitrogens is 1. The van der Waals surface area contributed by atoms with Gasteiger partial charge in [-0.3, -0.25) is 5.32 Å². The van der Waals surface area contributed by atoms with E-state index in [0.717, 1.165) is 18.2 Å². The molecular weight excluding hydrogens is 242 g/mol. The number of hydrogen-bond acceptors (Lipinski definition) is 4. The second-order valence-electron chi connectivity index (χ2n) is 4.92. The molecule has 104 valence electrons. The monoisotopic (exact) mass is 263 g/mol. The molecule has 0 aliphatic heterocycles. The molecule has 0 aliphatic carbocycles. The fourth-order valence-corrected chi connectivity index (χ4v) is 1.77. The molecule has 0 bridgehead atoms. The van der Waals surface area contributed by atoms with Crippen molar-refractivity contribution < 1.29 is 9.15 Å². The van der Waals surface area contributed by atoms with Gasteiger partial charge in [-0.2, -0.15) is 0 Å². The van der Waals surface area contributed by atoms with E-state index in [1.54, 1.807) is 12.5 Å². The third-order valence-corrected chi connectivity index (χ3v) is 2.69. The van der Waals surface area contributed by atoms with Gasteiger partial charge in [-0.25, -0.2) is 4.98 Å². The Hall–Kier alpha value is -1.59. The molecule has 5 heteroatoms. The number of aromatic amines is 1. The van der Waals surface area contributed by atoms with E-state index in [9.17, 15) is 0 Å². The third kappa shape index (κ3) is 4.54. The number of nitrogens with zero attached hydrogens (tertiary/aromatic N) is 1. The summed E-state index contributed by atoms with van der Waals surface area (Å²) in [5.41, 5.74) is 0. The Bertz CT molecular complexity index is 437. The van der Waals surface area contributed by atoms with E-state index in [0.29, 0.717) is 19.1 Å². The minimum absolute atomic E-state index is 0.0406. The Morgan fingerprint density at radius 1 is 1.42 bits per heavy atom. The summed E-state index contributed by atoms with van der Waals surface area (Å²) in [7, 11) is 0. The highest BCUT2D eigenvalue weighted by molar-refractivity contribution is 5.04. The molecule has 2 aromatic rings. The van der Waals surface area contributed by atoms with E-state index in [-0.39, 0.29) is 6.04 Å². The van der Waals surface area contributed by atoms with Crippen molar-refractivity contribution in [2.24, 2.45) is 5.92 Å². The first kappa shape index (κ1) is 13.8. The molecule has 0 aliphatic rings. The molecule has 0 saturated carbocycles. The van der Waals surface area contributed by atoms with Crippen LogP contribution in [0.25, 0.3) is 0 Å². The number of hydrogen-bond donors (Lipinski definition) is 2. The molecule has 2 rings (SSSR count). The maximum Gasteiger partial charge on any atom is 0.123 e. The van der Waals surface area contributed by atoms with Crippen molar-refractivity contribution >= 4 is 0 Å². The Balaban J connectivity index is 1.87. The third-order valence-electron chi connectivity index (χ3n) is 2.69. The average Bonchev–Trinajstić information content (AvgIpc) is 3.05. The lowest BCUT2D eigenvalue weighted by Gasteiger charge is -2.17. The molecule has 0 fully saturated rings. The van der Waals surface area contributed by atoms with Crippen LogP contribution in [0.4, 0.5) is 0 Å². The second kappa shape index (κ2) is 7.11. The maximum atomic E-state index is 5.70. The lowest BCUT2D eigenvalue weighted by Crippen LogP contribution is -2.26. The molecule has 2 N–H and O–H groups in total. The Kier molecular flexibility index (Phi) is 5.18. The smallest absolute Gasteiger partial charge is 0.123 e. The minimum atomic E-state index is 0.0406. The summed E-state index contributed by atoms with van der Waals surface area (Å²) < 4.78 is 11.1. The van der Waals surface area contributed by atoms with E-state index < -0.39 is 0 Å².